The molecule has 1 aliphatic rings. The van der Waals surface area contributed by atoms with Crippen LogP contribution in [-0.4, -0.2) is 50.7 Å². The number of amides is 1. The third-order valence-electron chi connectivity index (χ3n) is 2.69. The van der Waals surface area contributed by atoms with Crippen molar-refractivity contribution in [2.24, 2.45) is 0 Å². The molecule has 1 rings (SSSR count). The van der Waals surface area contributed by atoms with Crippen molar-refractivity contribution < 1.29 is 21.9 Å². The summed E-state index contributed by atoms with van der Waals surface area (Å²) in [6.07, 6.45) is 5.07. The number of ether oxygens (including phenoxy) is 1. The van der Waals surface area contributed by atoms with Crippen LogP contribution >= 0.6 is 0 Å². The molecule has 1 saturated heterocycles. The average molecular weight is 250 g/mol. The van der Waals surface area contributed by atoms with Crippen LogP contribution < -0.4 is 17.7 Å². The van der Waals surface area contributed by atoms with Crippen LogP contribution in [0.25, 0.3) is 0 Å². The predicted octanol–water partition coefficient (Wildman–Crippen LogP) is -2.37. The maximum absolute atomic E-state index is 11.5. The number of halogens is 1. The largest absolute Gasteiger partial charge is 1.00 e. The fraction of sp³-hybridized carbons (Fsp3) is 0.909. The topological polar surface area (TPSA) is 41.6 Å². The number of rotatable bonds is 5. The Morgan fingerprint density at radius 3 is 2.44 bits per heavy atom. The standard InChI is InChI=1S/C11H22N2O2.ClH/c1-15-9-6-12-11(14)10-13-7-4-2-3-5-8-13;/h2-10H2,1H3,(H,12,14);1H/p-1. The first kappa shape index (κ1) is 15.7. The molecule has 0 radical (unpaired) electrons. The van der Waals surface area contributed by atoms with E-state index in [1.165, 1.54) is 25.7 Å². The van der Waals surface area contributed by atoms with E-state index in [1.54, 1.807) is 7.11 Å². The van der Waals surface area contributed by atoms with Gasteiger partial charge < -0.3 is 22.5 Å². The molecule has 16 heavy (non-hydrogen) atoms. The van der Waals surface area contributed by atoms with Crippen molar-refractivity contribution >= 4 is 5.91 Å². The quantitative estimate of drug-likeness (QED) is 0.554. The molecule has 0 aliphatic carbocycles. The normalized spacial score (nSPS) is 17.3. The summed E-state index contributed by atoms with van der Waals surface area (Å²) >= 11 is 0. The van der Waals surface area contributed by atoms with Crippen LogP contribution in [0.4, 0.5) is 0 Å². The third kappa shape index (κ3) is 7.04. The Morgan fingerprint density at radius 2 is 1.88 bits per heavy atom. The number of nitrogens with one attached hydrogen (secondary N) is 1. The Bertz CT molecular complexity index is 183. The zero-order chi connectivity index (χ0) is 10.9. The van der Waals surface area contributed by atoms with Gasteiger partial charge in [0.15, 0.2) is 0 Å². The minimum Gasteiger partial charge on any atom is -1.00 e. The van der Waals surface area contributed by atoms with Gasteiger partial charge in [0.2, 0.25) is 5.91 Å². The summed E-state index contributed by atoms with van der Waals surface area (Å²) in [5.74, 6) is 0.119. The van der Waals surface area contributed by atoms with E-state index in [2.05, 4.69) is 10.2 Å². The van der Waals surface area contributed by atoms with Crippen LogP contribution in [0.15, 0.2) is 0 Å². The molecule has 0 atom stereocenters. The highest BCUT2D eigenvalue weighted by molar-refractivity contribution is 5.77. The summed E-state index contributed by atoms with van der Waals surface area (Å²) in [6, 6.07) is 0. The van der Waals surface area contributed by atoms with Gasteiger partial charge in [0.05, 0.1) is 13.2 Å². The molecular formula is C11H22ClN2O2-. The smallest absolute Gasteiger partial charge is 0.234 e. The minimum atomic E-state index is 0. The number of hydrogen-bond donors (Lipinski definition) is 1. The van der Waals surface area contributed by atoms with Crippen LogP contribution in [-0.2, 0) is 9.53 Å². The summed E-state index contributed by atoms with van der Waals surface area (Å²) in [4.78, 5) is 13.7. The van der Waals surface area contributed by atoms with Crippen molar-refractivity contribution in [2.45, 2.75) is 25.7 Å². The van der Waals surface area contributed by atoms with Crippen molar-refractivity contribution in [3.8, 4) is 0 Å². The van der Waals surface area contributed by atoms with Crippen molar-refractivity contribution in [3.05, 3.63) is 0 Å². The summed E-state index contributed by atoms with van der Waals surface area (Å²) in [7, 11) is 1.64. The molecule has 1 N–H and O–H groups in total. The number of carbonyl (C=O) groups is 1. The van der Waals surface area contributed by atoms with Crippen LogP contribution in [0.3, 0.4) is 0 Å². The Balaban J connectivity index is 0.00000225. The molecule has 0 saturated carbocycles. The van der Waals surface area contributed by atoms with Crippen molar-refractivity contribution in [2.75, 3.05) is 39.9 Å². The lowest BCUT2D eigenvalue weighted by Gasteiger charge is -2.18. The van der Waals surface area contributed by atoms with E-state index < -0.39 is 0 Å². The lowest BCUT2D eigenvalue weighted by atomic mass is 10.2. The molecule has 5 heteroatoms. The van der Waals surface area contributed by atoms with Gasteiger partial charge in [-0.15, -0.1) is 0 Å². The van der Waals surface area contributed by atoms with Gasteiger partial charge in [0.1, 0.15) is 0 Å². The van der Waals surface area contributed by atoms with Gasteiger partial charge in [-0.3, -0.25) is 9.69 Å². The number of likely N-dealkylation sites (tertiary alicyclic amines) is 1. The van der Waals surface area contributed by atoms with Crippen molar-refractivity contribution in [1.82, 2.24) is 10.2 Å². The molecule has 0 spiro atoms. The molecule has 4 nitrogen and oxygen atoms in total. The van der Waals surface area contributed by atoms with Gasteiger partial charge in [-0.05, 0) is 25.9 Å². The van der Waals surface area contributed by atoms with Crippen LogP contribution in [0.5, 0.6) is 0 Å². The van der Waals surface area contributed by atoms with E-state index in [0.717, 1.165) is 13.1 Å². The van der Waals surface area contributed by atoms with Gasteiger partial charge in [-0.2, -0.15) is 0 Å². The molecule has 96 valence electrons. The SMILES string of the molecule is COCCNC(=O)CN1CCCCCC1.[Cl-]. The minimum absolute atomic E-state index is 0. The first-order valence-corrected chi connectivity index (χ1v) is 5.81. The number of methoxy groups -OCH3 is 1. The number of nitrogens with zero attached hydrogens (tertiary/aromatic N) is 1. The maximum Gasteiger partial charge on any atom is 0.234 e. The summed E-state index contributed by atoms with van der Waals surface area (Å²) in [6.45, 7) is 3.88. The lowest BCUT2D eigenvalue weighted by molar-refractivity contribution is -0.122. The molecule has 0 unspecified atom stereocenters. The van der Waals surface area contributed by atoms with Gasteiger partial charge in [0, 0.05) is 13.7 Å². The average Bonchev–Trinajstić information content (AvgIpc) is 2.47. The van der Waals surface area contributed by atoms with E-state index in [1.807, 2.05) is 0 Å². The Kier molecular flexibility index (Phi) is 9.68. The second kappa shape index (κ2) is 9.87. The van der Waals surface area contributed by atoms with Gasteiger partial charge in [-0.25, -0.2) is 0 Å². The van der Waals surface area contributed by atoms with Crippen LogP contribution in [0.2, 0.25) is 0 Å². The van der Waals surface area contributed by atoms with E-state index in [-0.39, 0.29) is 18.3 Å². The molecule has 1 amide bonds. The van der Waals surface area contributed by atoms with Crippen LogP contribution in [0.1, 0.15) is 25.7 Å². The Labute approximate surface area is 104 Å². The lowest BCUT2D eigenvalue weighted by Crippen LogP contribution is -3.00. The summed E-state index contributed by atoms with van der Waals surface area (Å²) in [5, 5.41) is 2.85. The molecule has 0 bridgehead atoms. The van der Waals surface area contributed by atoms with E-state index >= 15 is 0 Å². The summed E-state index contributed by atoms with van der Waals surface area (Å²) in [5.41, 5.74) is 0. The predicted molar refractivity (Wildman–Crippen MR) is 59.8 cm³/mol. The van der Waals surface area contributed by atoms with Gasteiger partial charge in [0.25, 0.3) is 0 Å². The van der Waals surface area contributed by atoms with Gasteiger partial charge in [-0.1, -0.05) is 12.8 Å². The Morgan fingerprint density at radius 1 is 1.25 bits per heavy atom. The van der Waals surface area contributed by atoms with Crippen molar-refractivity contribution in [3.63, 3.8) is 0 Å². The molecular weight excluding hydrogens is 228 g/mol. The van der Waals surface area contributed by atoms with E-state index in [0.29, 0.717) is 19.7 Å². The molecule has 1 aliphatic heterocycles. The first-order valence-electron chi connectivity index (χ1n) is 5.81. The monoisotopic (exact) mass is 249 g/mol. The second-order valence-electron chi connectivity index (χ2n) is 4.03. The highest BCUT2D eigenvalue weighted by Crippen LogP contribution is 2.08. The molecule has 1 fully saturated rings. The summed E-state index contributed by atoms with van der Waals surface area (Å²) < 4.78 is 4.87. The molecule has 0 aromatic heterocycles. The van der Waals surface area contributed by atoms with E-state index in [9.17, 15) is 4.79 Å². The fourth-order valence-corrected chi connectivity index (χ4v) is 1.85. The number of hydrogen-bond acceptors (Lipinski definition) is 3. The maximum atomic E-state index is 11.5. The first-order chi connectivity index (χ1) is 7.33. The zero-order valence-corrected chi connectivity index (χ0v) is 10.8. The Hall–Kier alpha value is -0.320. The molecule has 0 aromatic carbocycles. The molecule has 1 heterocycles. The zero-order valence-electron chi connectivity index (χ0n) is 10.0. The van der Waals surface area contributed by atoms with Crippen molar-refractivity contribution in [1.29, 1.82) is 0 Å². The highest BCUT2D eigenvalue weighted by atomic mass is 35.5. The number of carbonyl (C=O) groups excluding carboxylic acids is 1. The van der Waals surface area contributed by atoms with Crippen LogP contribution in [0, 0.1) is 0 Å². The van der Waals surface area contributed by atoms with Gasteiger partial charge >= 0.3 is 0 Å². The highest BCUT2D eigenvalue weighted by Gasteiger charge is 2.12. The molecule has 0 aromatic rings. The fourth-order valence-electron chi connectivity index (χ4n) is 1.85. The third-order valence-corrected chi connectivity index (χ3v) is 2.69. The van der Waals surface area contributed by atoms with E-state index in [4.69, 9.17) is 4.74 Å². The second-order valence-corrected chi connectivity index (χ2v) is 4.03.